The van der Waals surface area contributed by atoms with E-state index in [4.69, 9.17) is 5.73 Å². The van der Waals surface area contributed by atoms with Crippen LogP contribution >= 0.6 is 0 Å². The molecular formula is C13H15FN2. The third-order valence-electron chi connectivity index (χ3n) is 2.63. The number of nitrogens with two attached hydrogens (primary N) is 1. The molecule has 84 valence electrons. The Kier molecular flexibility index (Phi) is 2.34. The zero-order valence-electron chi connectivity index (χ0n) is 9.71. The average Bonchev–Trinajstić information content (AvgIpc) is 2.15. The molecule has 0 fully saturated rings. The number of halogens is 1. The first kappa shape index (κ1) is 10.9. The van der Waals surface area contributed by atoms with Crippen LogP contribution in [0, 0.1) is 5.82 Å². The van der Waals surface area contributed by atoms with E-state index in [2.05, 4.69) is 25.8 Å². The van der Waals surface area contributed by atoms with Gasteiger partial charge in [0.1, 0.15) is 11.6 Å². The Morgan fingerprint density at radius 2 is 1.81 bits per heavy atom. The number of fused-ring (bicyclic) bond motifs is 1. The molecular weight excluding hydrogens is 203 g/mol. The second kappa shape index (κ2) is 3.44. The minimum Gasteiger partial charge on any atom is -0.384 e. The van der Waals surface area contributed by atoms with Crippen molar-refractivity contribution in [1.82, 2.24) is 4.98 Å². The number of nitrogens with zero attached hydrogens (tertiary/aromatic N) is 1. The van der Waals surface area contributed by atoms with E-state index in [0.29, 0.717) is 16.7 Å². The predicted octanol–water partition coefficient (Wildman–Crippen LogP) is 3.25. The molecule has 1 aromatic heterocycles. The van der Waals surface area contributed by atoms with Gasteiger partial charge in [0.25, 0.3) is 0 Å². The summed E-state index contributed by atoms with van der Waals surface area (Å²) in [5.74, 6) is 0.166. The summed E-state index contributed by atoms with van der Waals surface area (Å²) in [6, 6.07) is 6.57. The zero-order chi connectivity index (χ0) is 11.9. The highest BCUT2D eigenvalue weighted by Crippen LogP contribution is 2.30. The van der Waals surface area contributed by atoms with Crippen molar-refractivity contribution < 1.29 is 4.39 Å². The number of hydrogen-bond donors (Lipinski definition) is 1. The van der Waals surface area contributed by atoms with Crippen LogP contribution in [0.3, 0.4) is 0 Å². The van der Waals surface area contributed by atoms with Crippen LogP contribution in [0.2, 0.25) is 0 Å². The Hall–Kier alpha value is -1.64. The summed E-state index contributed by atoms with van der Waals surface area (Å²) in [6.07, 6.45) is 0. The molecule has 1 aromatic carbocycles. The van der Waals surface area contributed by atoms with Gasteiger partial charge < -0.3 is 5.73 Å². The molecule has 2 rings (SSSR count). The van der Waals surface area contributed by atoms with Crippen molar-refractivity contribution in [2.24, 2.45) is 0 Å². The van der Waals surface area contributed by atoms with Crippen molar-refractivity contribution in [3.05, 3.63) is 35.6 Å². The maximum atomic E-state index is 13.6. The van der Waals surface area contributed by atoms with Crippen LogP contribution in [0.4, 0.5) is 10.2 Å². The first-order valence-corrected chi connectivity index (χ1v) is 5.25. The molecule has 0 radical (unpaired) electrons. The fraction of sp³-hybridized carbons (Fsp3) is 0.308. The molecule has 0 aliphatic carbocycles. The smallest absolute Gasteiger partial charge is 0.132 e. The van der Waals surface area contributed by atoms with E-state index in [9.17, 15) is 4.39 Å². The van der Waals surface area contributed by atoms with E-state index >= 15 is 0 Å². The summed E-state index contributed by atoms with van der Waals surface area (Å²) < 4.78 is 13.6. The van der Waals surface area contributed by atoms with Crippen molar-refractivity contribution in [2.75, 3.05) is 5.73 Å². The lowest BCUT2D eigenvalue weighted by Gasteiger charge is -2.20. The Balaban J connectivity index is 2.86. The summed E-state index contributed by atoms with van der Waals surface area (Å²) in [7, 11) is 0. The molecule has 0 atom stereocenters. The number of anilines is 1. The fourth-order valence-electron chi connectivity index (χ4n) is 1.80. The topological polar surface area (TPSA) is 38.9 Å². The van der Waals surface area contributed by atoms with Crippen molar-refractivity contribution in [1.29, 1.82) is 0 Å². The quantitative estimate of drug-likeness (QED) is 0.737. The molecule has 1 heterocycles. The van der Waals surface area contributed by atoms with Crippen LogP contribution in [0.5, 0.6) is 0 Å². The molecule has 16 heavy (non-hydrogen) atoms. The highest BCUT2D eigenvalue weighted by molar-refractivity contribution is 5.84. The van der Waals surface area contributed by atoms with Gasteiger partial charge in [-0.1, -0.05) is 26.8 Å². The minimum atomic E-state index is -0.254. The summed E-state index contributed by atoms with van der Waals surface area (Å²) in [6.45, 7) is 6.22. The zero-order valence-corrected chi connectivity index (χ0v) is 9.71. The van der Waals surface area contributed by atoms with Crippen LogP contribution in [0.25, 0.3) is 10.9 Å². The molecule has 2 N–H and O–H groups in total. The maximum Gasteiger partial charge on any atom is 0.132 e. The molecule has 2 aromatic rings. The van der Waals surface area contributed by atoms with Gasteiger partial charge in [-0.05, 0) is 29.2 Å². The van der Waals surface area contributed by atoms with E-state index < -0.39 is 0 Å². The third kappa shape index (κ3) is 1.73. The van der Waals surface area contributed by atoms with Crippen molar-refractivity contribution >= 4 is 16.7 Å². The molecule has 2 nitrogen and oxygen atoms in total. The summed E-state index contributed by atoms with van der Waals surface area (Å²) in [5, 5.41) is 0.529. The largest absolute Gasteiger partial charge is 0.384 e. The van der Waals surface area contributed by atoms with Gasteiger partial charge in [0.2, 0.25) is 0 Å². The number of hydrogen-bond acceptors (Lipinski definition) is 2. The molecule has 0 unspecified atom stereocenters. The molecule has 3 heteroatoms. The summed E-state index contributed by atoms with van der Waals surface area (Å²) >= 11 is 0. The van der Waals surface area contributed by atoms with Gasteiger partial charge in [-0.25, -0.2) is 9.37 Å². The lowest BCUT2D eigenvalue weighted by atomic mass is 9.85. The molecule has 0 spiro atoms. The van der Waals surface area contributed by atoms with Gasteiger partial charge in [-0.2, -0.15) is 0 Å². The van der Waals surface area contributed by atoms with E-state index in [1.165, 1.54) is 6.07 Å². The monoisotopic (exact) mass is 218 g/mol. The number of pyridine rings is 1. The number of rotatable bonds is 0. The van der Waals surface area contributed by atoms with Crippen molar-refractivity contribution in [2.45, 2.75) is 26.2 Å². The van der Waals surface area contributed by atoms with Gasteiger partial charge in [-0.3, -0.25) is 0 Å². The van der Waals surface area contributed by atoms with Crippen LogP contribution in [-0.2, 0) is 5.41 Å². The molecule has 0 saturated heterocycles. The van der Waals surface area contributed by atoms with Gasteiger partial charge in [0, 0.05) is 5.39 Å². The molecule has 0 saturated carbocycles. The Bertz CT molecular complexity index is 541. The SMILES string of the molecule is CC(C)(C)c1ccc(F)c2ccc(N)nc12. The predicted molar refractivity (Wildman–Crippen MR) is 64.8 cm³/mol. The second-order valence-corrected chi connectivity index (χ2v) is 4.98. The minimum absolute atomic E-state index is 0.0766. The number of aromatic nitrogens is 1. The number of nitrogen functional groups attached to an aromatic ring is 1. The number of benzene rings is 1. The van der Waals surface area contributed by atoms with E-state index in [1.807, 2.05) is 0 Å². The highest BCUT2D eigenvalue weighted by atomic mass is 19.1. The standard InChI is InChI=1S/C13H15FN2/c1-13(2,3)9-5-6-10(14)8-4-7-11(15)16-12(8)9/h4-7H,1-3H3,(H2,15,16). The second-order valence-electron chi connectivity index (χ2n) is 4.98. The third-order valence-corrected chi connectivity index (χ3v) is 2.63. The first-order valence-electron chi connectivity index (χ1n) is 5.25. The van der Waals surface area contributed by atoms with Gasteiger partial charge in [0.05, 0.1) is 5.52 Å². The van der Waals surface area contributed by atoms with Crippen LogP contribution < -0.4 is 5.73 Å². The fourth-order valence-corrected chi connectivity index (χ4v) is 1.80. The Morgan fingerprint density at radius 1 is 1.12 bits per heavy atom. The Morgan fingerprint density at radius 3 is 2.44 bits per heavy atom. The lowest BCUT2D eigenvalue weighted by molar-refractivity contribution is 0.590. The van der Waals surface area contributed by atoms with Crippen molar-refractivity contribution in [3.8, 4) is 0 Å². The van der Waals surface area contributed by atoms with Gasteiger partial charge in [0.15, 0.2) is 0 Å². The van der Waals surface area contributed by atoms with E-state index in [0.717, 1.165) is 5.56 Å². The lowest BCUT2D eigenvalue weighted by Crippen LogP contribution is -2.13. The van der Waals surface area contributed by atoms with Crippen LogP contribution in [-0.4, -0.2) is 4.98 Å². The molecule has 0 bridgehead atoms. The van der Waals surface area contributed by atoms with Crippen molar-refractivity contribution in [3.63, 3.8) is 0 Å². The summed E-state index contributed by atoms with van der Waals surface area (Å²) in [4.78, 5) is 4.24. The van der Waals surface area contributed by atoms with E-state index in [-0.39, 0.29) is 11.2 Å². The molecule has 0 aliphatic rings. The van der Waals surface area contributed by atoms with Gasteiger partial charge >= 0.3 is 0 Å². The Labute approximate surface area is 94.3 Å². The average molecular weight is 218 g/mol. The normalized spacial score (nSPS) is 12.0. The molecule has 0 aliphatic heterocycles. The highest BCUT2D eigenvalue weighted by Gasteiger charge is 2.19. The van der Waals surface area contributed by atoms with Crippen LogP contribution in [0.1, 0.15) is 26.3 Å². The summed E-state index contributed by atoms with van der Waals surface area (Å²) in [5.41, 5.74) is 7.25. The first-order chi connectivity index (χ1) is 7.39. The maximum absolute atomic E-state index is 13.6. The molecule has 0 amide bonds. The van der Waals surface area contributed by atoms with Gasteiger partial charge in [-0.15, -0.1) is 0 Å². The van der Waals surface area contributed by atoms with Crippen LogP contribution in [0.15, 0.2) is 24.3 Å². The van der Waals surface area contributed by atoms with E-state index in [1.54, 1.807) is 18.2 Å².